The van der Waals surface area contributed by atoms with Gasteiger partial charge in [-0.3, -0.25) is 14.2 Å². The summed E-state index contributed by atoms with van der Waals surface area (Å²) in [6.07, 6.45) is 8.40. The van der Waals surface area contributed by atoms with Crippen LogP contribution in [0.2, 0.25) is 0 Å². The van der Waals surface area contributed by atoms with Gasteiger partial charge in [0.05, 0.1) is 11.9 Å². The molecule has 8 heteroatoms. The van der Waals surface area contributed by atoms with E-state index in [1.165, 1.54) is 19.3 Å². The molecular formula is C16H25N7O. The van der Waals surface area contributed by atoms with Gasteiger partial charge in [-0.15, -0.1) is 5.10 Å². The van der Waals surface area contributed by atoms with Gasteiger partial charge >= 0.3 is 0 Å². The van der Waals surface area contributed by atoms with E-state index in [1.807, 2.05) is 20.2 Å². The van der Waals surface area contributed by atoms with Gasteiger partial charge in [0, 0.05) is 37.9 Å². The Bertz CT molecular complexity index is 684. The second-order valence-electron chi connectivity index (χ2n) is 6.40. The number of aryl methyl sites for hydroxylation is 3. The first-order chi connectivity index (χ1) is 11.6. The van der Waals surface area contributed by atoms with Gasteiger partial charge in [0.15, 0.2) is 5.69 Å². The van der Waals surface area contributed by atoms with E-state index in [2.05, 4.69) is 26.0 Å². The molecule has 130 valence electrons. The smallest absolute Gasteiger partial charge is 0.273 e. The Morgan fingerprint density at radius 2 is 2.29 bits per heavy atom. The molecule has 0 bridgehead atoms. The zero-order chi connectivity index (χ0) is 16.9. The van der Waals surface area contributed by atoms with Crippen molar-refractivity contribution < 1.29 is 4.79 Å². The van der Waals surface area contributed by atoms with Gasteiger partial charge in [-0.1, -0.05) is 11.6 Å². The minimum absolute atomic E-state index is 0.208. The molecular weight excluding hydrogens is 306 g/mol. The van der Waals surface area contributed by atoms with Gasteiger partial charge in [-0.25, -0.2) is 0 Å². The molecule has 3 rings (SSSR count). The maximum Gasteiger partial charge on any atom is 0.273 e. The van der Waals surface area contributed by atoms with Crippen LogP contribution < -0.4 is 10.6 Å². The highest BCUT2D eigenvalue weighted by Crippen LogP contribution is 2.11. The summed E-state index contributed by atoms with van der Waals surface area (Å²) in [6.45, 7) is 4.25. The fourth-order valence-corrected chi connectivity index (χ4v) is 3.06. The van der Waals surface area contributed by atoms with E-state index in [0.29, 0.717) is 18.3 Å². The number of nitrogens with zero attached hydrogens (tertiary/aromatic N) is 5. The maximum atomic E-state index is 12.2. The molecule has 2 aromatic heterocycles. The number of rotatable bonds is 6. The van der Waals surface area contributed by atoms with Crippen molar-refractivity contribution in [3.63, 3.8) is 0 Å². The van der Waals surface area contributed by atoms with Crippen molar-refractivity contribution in [1.29, 1.82) is 0 Å². The largest absolute Gasteiger partial charge is 0.346 e. The van der Waals surface area contributed by atoms with E-state index in [4.69, 9.17) is 0 Å². The van der Waals surface area contributed by atoms with E-state index in [-0.39, 0.29) is 5.91 Å². The van der Waals surface area contributed by atoms with Gasteiger partial charge in [-0.2, -0.15) is 5.10 Å². The van der Waals surface area contributed by atoms with Crippen LogP contribution >= 0.6 is 0 Å². The van der Waals surface area contributed by atoms with E-state index in [0.717, 1.165) is 30.8 Å². The van der Waals surface area contributed by atoms with Crippen LogP contribution in [0.4, 0.5) is 0 Å². The van der Waals surface area contributed by atoms with E-state index >= 15 is 0 Å². The second-order valence-corrected chi connectivity index (χ2v) is 6.40. The molecule has 1 atom stereocenters. The number of hydrogen-bond acceptors (Lipinski definition) is 5. The third-order valence-electron chi connectivity index (χ3n) is 4.44. The Morgan fingerprint density at radius 3 is 3.00 bits per heavy atom. The minimum atomic E-state index is -0.208. The lowest BCUT2D eigenvalue weighted by molar-refractivity contribution is 0.0946. The molecule has 2 N–H and O–H groups in total. The summed E-state index contributed by atoms with van der Waals surface area (Å²) in [5.41, 5.74) is 2.27. The molecule has 0 aromatic carbocycles. The average Bonchev–Trinajstić information content (AvgIpc) is 3.18. The Balaban J connectivity index is 1.48. The predicted molar refractivity (Wildman–Crippen MR) is 89.4 cm³/mol. The van der Waals surface area contributed by atoms with Gasteiger partial charge in [-0.05, 0) is 32.7 Å². The Morgan fingerprint density at radius 1 is 1.42 bits per heavy atom. The van der Waals surface area contributed by atoms with Crippen LogP contribution in [-0.2, 0) is 20.1 Å². The molecule has 8 nitrogen and oxygen atoms in total. The molecule has 0 radical (unpaired) electrons. The van der Waals surface area contributed by atoms with Crippen molar-refractivity contribution in [1.82, 2.24) is 35.4 Å². The molecule has 1 aliphatic heterocycles. The van der Waals surface area contributed by atoms with Crippen LogP contribution in [0.3, 0.4) is 0 Å². The molecule has 1 aliphatic rings. The summed E-state index contributed by atoms with van der Waals surface area (Å²) in [5, 5.41) is 18.7. The molecule has 0 aliphatic carbocycles. The van der Waals surface area contributed by atoms with Gasteiger partial charge < -0.3 is 10.6 Å². The predicted octanol–water partition coefficient (Wildman–Crippen LogP) is 0.782. The quantitative estimate of drug-likeness (QED) is 0.816. The number of carbonyl (C=O) groups excluding carboxylic acids is 1. The number of piperidine rings is 1. The maximum absolute atomic E-state index is 12.2. The lowest BCUT2D eigenvalue weighted by Gasteiger charge is -2.23. The summed E-state index contributed by atoms with van der Waals surface area (Å²) in [4.78, 5) is 12.2. The molecule has 1 amide bonds. The monoisotopic (exact) mass is 331 g/mol. The third-order valence-corrected chi connectivity index (χ3v) is 4.44. The fraction of sp³-hybridized carbons (Fsp3) is 0.625. The lowest BCUT2D eigenvalue weighted by atomic mass is 10.0. The molecule has 1 saturated heterocycles. The average molecular weight is 331 g/mol. The SMILES string of the molecule is Cc1nn(C)cc1CNC(=O)c1cn(CC[C@@H]2CCCCN2)nn1. The fourth-order valence-electron chi connectivity index (χ4n) is 3.06. The van der Waals surface area contributed by atoms with Crippen molar-refractivity contribution in [3.05, 3.63) is 29.3 Å². The van der Waals surface area contributed by atoms with Crippen molar-refractivity contribution >= 4 is 5.91 Å². The Kier molecular flexibility index (Phi) is 5.24. The van der Waals surface area contributed by atoms with E-state index in [9.17, 15) is 4.79 Å². The normalized spacial score (nSPS) is 17.8. The number of carbonyl (C=O) groups is 1. The lowest BCUT2D eigenvalue weighted by Crippen LogP contribution is -2.34. The van der Waals surface area contributed by atoms with Crippen LogP contribution in [-0.4, -0.2) is 43.3 Å². The molecule has 0 unspecified atom stereocenters. The van der Waals surface area contributed by atoms with Crippen LogP contribution in [0.15, 0.2) is 12.4 Å². The number of amides is 1. The highest BCUT2D eigenvalue weighted by Gasteiger charge is 2.15. The summed E-state index contributed by atoms with van der Waals surface area (Å²) in [7, 11) is 1.87. The first kappa shape index (κ1) is 16.6. The third kappa shape index (κ3) is 4.19. The number of nitrogens with one attached hydrogen (secondary N) is 2. The van der Waals surface area contributed by atoms with Crippen molar-refractivity contribution in [2.75, 3.05) is 6.54 Å². The number of hydrogen-bond donors (Lipinski definition) is 2. The van der Waals surface area contributed by atoms with Gasteiger partial charge in [0.25, 0.3) is 5.91 Å². The molecule has 2 aromatic rings. The van der Waals surface area contributed by atoms with E-state index < -0.39 is 0 Å². The topological polar surface area (TPSA) is 89.7 Å². The van der Waals surface area contributed by atoms with Crippen LogP contribution in [0.5, 0.6) is 0 Å². The standard InChI is InChI=1S/C16H25N7O/c1-12-13(10-22(2)20-12)9-18-16(24)15-11-23(21-19-15)8-6-14-5-3-4-7-17-14/h10-11,14,17H,3-9H2,1-2H3,(H,18,24)/t14-/m0/s1. The minimum Gasteiger partial charge on any atom is -0.346 e. The summed E-state index contributed by atoms with van der Waals surface area (Å²) >= 11 is 0. The van der Waals surface area contributed by atoms with Crippen LogP contribution in [0.1, 0.15) is 47.4 Å². The highest BCUT2D eigenvalue weighted by molar-refractivity contribution is 5.91. The first-order valence-electron chi connectivity index (χ1n) is 8.52. The van der Waals surface area contributed by atoms with Crippen molar-refractivity contribution in [3.8, 4) is 0 Å². The molecule has 0 saturated carbocycles. The zero-order valence-electron chi connectivity index (χ0n) is 14.3. The summed E-state index contributed by atoms with van der Waals surface area (Å²) in [6, 6.07) is 0.550. The number of aromatic nitrogens is 5. The van der Waals surface area contributed by atoms with Gasteiger partial charge in [0.1, 0.15) is 0 Å². The first-order valence-corrected chi connectivity index (χ1v) is 8.52. The van der Waals surface area contributed by atoms with Crippen LogP contribution in [0, 0.1) is 6.92 Å². The van der Waals surface area contributed by atoms with Crippen LogP contribution in [0.25, 0.3) is 0 Å². The molecule has 1 fully saturated rings. The molecule has 3 heterocycles. The second kappa shape index (κ2) is 7.57. The van der Waals surface area contributed by atoms with Crippen molar-refractivity contribution in [2.24, 2.45) is 7.05 Å². The summed E-state index contributed by atoms with van der Waals surface area (Å²) < 4.78 is 3.49. The summed E-state index contributed by atoms with van der Waals surface area (Å²) in [5.74, 6) is -0.208. The highest BCUT2D eigenvalue weighted by atomic mass is 16.2. The molecule has 0 spiro atoms. The molecule has 24 heavy (non-hydrogen) atoms. The van der Waals surface area contributed by atoms with Crippen molar-refractivity contribution in [2.45, 2.75) is 51.7 Å². The Hall–Kier alpha value is -2.22. The Labute approximate surface area is 141 Å². The van der Waals surface area contributed by atoms with Gasteiger partial charge in [0.2, 0.25) is 0 Å². The zero-order valence-corrected chi connectivity index (χ0v) is 14.3. The van der Waals surface area contributed by atoms with E-state index in [1.54, 1.807) is 15.6 Å².